The summed E-state index contributed by atoms with van der Waals surface area (Å²) in [6.45, 7) is 1.32. The van der Waals surface area contributed by atoms with E-state index < -0.39 is 6.17 Å². The first-order chi connectivity index (χ1) is 15.1. The zero-order chi connectivity index (χ0) is 21.4. The van der Waals surface area contributed by atoms with Crippen LogP contribution < -0.4 is 9.64 Å². The van der Waals surface area contributed by atoms with E-state index in [9.17, 15) is 4.39 Å². The smallest absolute Gasteiger partial charge is 0.144 e. The van der Waals surface area contributed by atoms with Crippen molar-refractivity contribution in [2.24, 2.45) is 7.05 Å². The Morgan fingerprint density at radius 2 is 1.81 bits per heavy atom. The van der Waals surface area contributed by atoms with Gasteiger partial charge in [-0.1, -0.05) is 30.3 Å². The fourth-order valence-corrected chi connectivity index (χ4v) is 4.26. The second-order valence-electron chi connectivity index (χ2n) is 7.86. The molecule has 0 unspecified atom stereocenters. The minimum absolute atomic E-state index is 0.528. The third kappa shape index (κ3) is 3.60. The Labute approximate surface area is 180 Å². The summed E-state index contributed by atoms with van der Waals surface area (Å²) in [5.41, 5.74) is 5.42. The number of fused-ring (bicyclic) bond motifs is 1. The number of ether oxygens (including phenoxy) is 1. The molecule has 31 heavy (non-hydrogen) atoms. The van der Waals surface area contributed by atoms with Gasteiger partial charge in [-0.15, -0.1) is 0 Å². The summed E-state index contributed by atoms with van der Waals surface area (Å²) in [7, 11) is 3.57. The highest BCUT2D eigenvalue weighted by molar-refractivity contribution is 5.98. The van der Waals surface area contributed by atoms with E-state index in [1.807, 2.05) is 54.3 Å². The van der Waals surface area contributed by atoms with Crippen molar-refractivity contribution in [1.29, 1.82) is 0 Å². The highest BCUT2D eigenvalue weighted by atomic mass is 19.1. The Morgan fingerprint density at radius 1 is 1.03 bits per heavy atom. The number of nitrogens with zero attached hydrogens (tertiary/aromatic N) is 5. The van der Waals surface area contributed by atoms with Gasteiger partial charge in [0.2, 0.25) is 0 Å². The molecule has 0 saturated carbocycles. The number of aryl methyl sites for hydroxylation is 1. The molecule has 0 N–H and O–H groups in total. The van der Waals surface area contributed by atoms with Crippen molar-refractivity contribution in [3.63, 3.8) is 0 Å². The van der Waals surface area contributed by atoms with Crippen molar-refractivity contribution in [3.8, 4) is 28.3 Å². The molecular weight excluding hydrogens is 393 g/mol. The van der Waals surface area contributed by atoms with Gasteiger partial charge in [-0.3, -0.25) is 4.68 Å². The van der Waals surface area contributed by atoms with Gasteiger partial charge < -0.3 is 9.64 Å². The molecule has 158 valence electrons. The minimum atomic E-state index is -0.731. The molecule has 2 aromatic carbocycles. The molecule has 1 aliphatic rings. The maximum Gasteiger partial charge on any atom is 0.144 e. The number of halogens is 1. The number of rotatable bonds is 4. The Hall–Kier alpha value is -3.48. The summed E-state index contributed by atoms with van der Waals surface area (Å²) in [6.07, 6.45) is 3.89. The van der Waals surface area contributed by atoms with Gasteiger partial charge in [0, 0.05) is 48.9 Å². The Kier molecular flexibility index (Phi) is 5.02. The van der Waals surface area contributed by atoms with Crippen LogP contribution in [0.2, 0.25) is 0 Å². The molecule has 6 nitrogen and oxygen atoms in total. The first-order valence-corrected chi connectivity index (χ1v) is 10.4. The molecular formula is C24H24FN5O. The van der Waals surface area contributed by atoms with Crippen LogP contribution >= 0.6 is 0 Å². The maximum atomic E-state index is 13.7. The van der Waals surface area contributed by atoms with Gasteiger partial charge in [-0.05, 0) is 18.9 Å². The average Bonchev–Trinajstić information content (AvgIpc) is 3.20. The lowest BCUT2D eigenvalue weighted by atomic mass is 10.0. The fraction of sp³-hybridized carbons (Fsp3) is 0.292. The second kappa shape index (κ2) is 7.98. The van der Waals surface area contributed by atoms with Crippen LogP contribution in [-0.2, 0) is 7.05 Å². The van der Waals surface area contributed by atoms with Crippen molar-refractivity contribution < 1.29 is 9.13 Å². The number of methoxy groups -OCH3 is 1. The summed E-state index contributed by atoms with van der Waals surface area (Å²) < 4.78 is 21.2. The lowest BCUT2D eigenvalue weighted by Gasteiger charge is -2.31. The summed E-state index contributed by atoms with van der Waals surface area (Å²) in [5, 5.41) is 5.62. The van der Waals surface area contributed by atoms with Crippen LogP contribution in [-0.4, -0.2) is 46.1 Å². The molecule has 2 aromatic heterocycles. The van der Waals surface area contributed by atoms with Crippen molar-refractivity contribution in [1.82, 2.24) is 19.7 Å². The molecule has 4 aromatic rings. The number of hydrogen-bond donors (Lipinski definition) is 0. The van der Waals surface area contributed by atoms with Crippen LogP contribution in [0, 0.1) is 0 Å². The Morgan fingerprint density at radius 3 is 2.55 bits per heavy atom. The summed E-state index contributed by atoms with van der Waals surface area (Å²) >= 11 is 0. The van der Waals surface area contributed by atoms with Gasteiger partial charge in [0.15, 0.2) is 0 Å². The highest BCUT2D eigenvalue weighted by Gasteiger charge is 2.23. The van der Waals surface area contributed by atoms with Gasteiger partial charge in [-0.25, -0.2) is 14.4 Å². The molecule has 0 spiro atoms. The van der Waals surface area contributed by atoms with Gasteiger partial charge in [0.25, 0.3) is 0 Å². The molecule has 7 heteroatoms. The predicted molar refractivity (Wildman–Crippen MR) is 120 cm³/mol. The van der Waals surface area contributed by atoms with Crippen molar-refractivity contribution in [2.45, 2.75) is 19.0 Å². The number of aromatic nitrogens is 4. The largest absolute Gasteiger partial charge is 0.495 e. The number of hydrogen-bond acceptors (Lipinski definition) is 5. The molecule has 5 rings (SSSR count). The minimum Gasteiger partial charge on any atom is -0.495 e. The third-order valence-electron chi connectivity index (χ3n) is 5.83. The van der Waals surface area contributed by atoms with Crippen molar-refractivity contribution in [3.05, 3.63) is 55.0 Å². The predicted octanol–water partition coefficient (Wildman–Crippen LogP) is 4.64. The molecule has 0 radical (unpaired) electrons. The zero-order valence-electron chi connectivity index (χ0n) is 17.6. The molecule has 1 aliphatic heterocycles. The highest BCUT2D eigenvalue weighted by Crippen LogP contribution is 2.39. The van der Waals surface area contributed by atoms with E-state index in [0.29, 0.717) is 25.9 Å². The zero-order valence-corrected chi connectivity index (χ0v) is 17.6. The molecule has 0 amide bonds. The first kappa shape index (κ1) is 19.5. The number of alkyl halides is 1. The lowest BCUT2D eigenvalue weighted by molar-refractivity contribution is 0.276. The van der Waals surface area contributed by atoms with Crippen LogP contribution in [0.15, 0.2) is 55.0 Å². The molecule has 0 atom stereocenters. The second-order valence-corrected chi connectivity index (χ2v) is 7.86. The number of anilines is 1. The fourth-order valence-electron chi connectivity index (χ4n) is 4.26. The molecule has 1 fully saturated rings. The Bertz CT molecular complexity index is 1220. The lowest BCUT2D eigenvalue weighted by Crippen LogP contribution is -2.34. The SMILES string of the molecule is COc1cc2ncnc(-c3cn(C)nc3-c3ccccc3)c2cc1N1CCC(F)CC1. The van der Waals surface area contributed by atoms with Crippen LogP contribution in [0.25, 0.3) is 33.4 Å². The summed E-state index contributed by atoms with van der Waals surface area (Å²) in [5.74, 6) is 0.740. The van der Waals surface area contributed by atoms with E-state index in [1.165, 1.54) is 0 Å². The van der Waals surface area contributed by atoms with E-state index in [-0.39, 0.29) is 0 Å². The van der Waals surface area contributed by atoms with Crippen LogP contribution in [0.3, 0.4) is 0 Å². The third-order valence-corrected chi connectivity index (χ3v) is 5.83. The Balaban J connectivity index is 1.68. The summed E-state index contributed by atoms with van der Waals surface area (Å²) in [6, 6.07) is 14.1. The molecule has 0 aliphatic carbocycles. The van der Waals surface area contributed by atoms with Gasteiger partial charge in [0.05, 0.1) is 24.0 Å². The first-order valence-electron chi connectivity index (χ1n) is 10.4. The van der Waals surface area contributed by atoms with E-state index >= 15 is 0 Å². The van der Waals surface area contributed by atoms with E-state index in [4.69, 9.17) is 9.84 Å². The van der Waals surface area contributed by atoms with E-state index in [2.05, 4.69) is 20.9 Å². The van der Waals surface area contributed by atoms with Gasteiger partial charge in [0.1, 0.15) is 23.9 Å². The normalized spacial score (nSPS) is 14.9. The maximum absolute atomic E-state index is 13.7. The molecule has 3 heterocycles. The van der Waals surface area contributed by atoms with E-state index in [1.54, 1.807) is 13.4 Å². The van der Waals surface area contributed by atoms with Gasteiger partial charge in [-0.2, -0.15) is 5.10 Å². The monoisotopic (exact) mass is 417 g/mol. The topological polar surface area (TPSA) is 56.1 Å². The van der Waals surface area contributed by atoms with Crippen LogP contribution in [0.1, 0.15) is 12.8 Å². The standard InChI is InChI=1S/C24H24FN5O/c1-29-14-19(23(28-29)16-6-4-3-5-7-16)24-18-12-21(30-10-8-17(25)9-11-30)22(31-2)13-20(18)26-15-27-24/h3-7,12-15,17H,8-11H2,1-2H3. The van der Waals surface area contributed by atoms with Crippen LogP contribution in [0.5, 0.6) is 5.75 Å². The average molecular weight is 417 g/mol. The number of piperidine rings is 1. The molecule has 0 bridgehead atoms. The van der Waals surface area contributed by atoms with Crippen molar-refractivity contribution in [2.75, 3.05) is 25.1 Å². The van der Waals surface area contributed by atoms with Crippen LogP contribution in [0.4, 0.5) is 10.1 Å². The van der Waals surface area contributed by atoms with E-state index in [0.717, 1.165) is 44.9 Å². The molecule has 1 saturated heterocycles. The van der Waals surface area contributed by atoms with Crippen molar-refractivity contribution >= 4 is 16.6 Å². The summed E-state index contributed by atoms with van der Waals surface area (Å²) in [4.78, 5) is 11.3. The number of benzene rings is 2. The quantitative estimate of drug-likeness (QED) is 0.484. The van der Waals surface area contributed by atoms with Gasteiger partial charge >= 0.3 is 0 Å².